The number of nitrogens with two attached hydrogens (primary N) is 1. The third-order valence-electron chi connectivity index (χ3n) is 3.60. The summed E-state index contributed by atoms with van der Waals surface area (Å²) in [4.78, 5) is 13.2. The Labute approximate surface area is 171 Å². The minimum atomic E-state index is -0.637. The monoisotopic (exact) mass is 421 g/mol. The molecule has 0 aromatic heterocycles. The second-order valence-corrected chi connectivity index (χ2v) is 10.3. The maximum atomic E-state index is 12.5. The van der Waals surface area contributed by atoms with E-state index in [-0.39, 0.29) is 11.4 Å². The highest BCUT2D eigenvalue weighted by Crippen LogP contribution is 2.38. The van der Waals surface area contributed by atoms with Crippen LogP contribution in [0.15, 0.2) is 17.0 Å². The van der Waals surface area contributed by atoms with E-state index in [9.17, 15) is 4.79 Å². The molecule has 0 spiro atoms. The average Bonchev–Trinajstić information content (AvgIpc) is 2.45. The lowest BCUT2D eigenvalue weighted by Gasteiger charge is -2.35. The molecule has 0 unspecified atom stereocenters. The first-order valence-corrected chi connectivity index (χ1v) is 10.0. The minimum absolute atomic E-state index is 0.219. The zero-order valence-corrected chi connectivity index (χ0v) is 18.9. The van der Waals surface area contributed by atoms with Crippen LogP contribution in [0, 0.1) is 10.8 Å². The van der Waals surface area contributed by atoms with Crippen LogP contribution in [0.1, 0.15) is 54.9 Å². The molecule has 7 heteroatoms. The fraction of sp³-hybridized carbons (Fsp3) is 0.632. The molecule has 4 nitrogen and oxygen atoms in total. The van der Waals surface area contributed by atoms with Gasteiger partial charge in [0.1, 0.15) is 11.4 Å². The molecule has 1 aromatic carbocycles. The van der Waals surface area contributed by atoms with Crippen LogP contribution >= 0.6 is 35.1 Å². The Morgan fingerprint density at radius 3 is 2.15 bits per heavy atom. The van der Waals surface area contributed by atoms with Crippen LogP contribution in [-0.2, 0) is 9.53 Å². The quantitative estimate of drug-likeness (QED) is 0.424. The van der Waals surface area contributed by atoms with Gasteiger partial charge in [-0.15, -0.1) is 0 Å². The molecule has 2 N–H and O–H groups in total. The number of rotatable bonds is 7. The topological polar surface area (TPSA) is 61.5 Å². The van der Waals surface area contributed by atoms with Crippen LogP contribution in [-0.4, -0.2) is 18.2 Å². The van der Waals surface area contributed by atoms with Gasteiger partial charge in [0, 0.05) is 11.0 Å². The maximum Gasteiger partial charge on any atom is 0.312 e. The molecule has 0 aliphatic rings. The molecule has 0 saturated carbocycles. The Bertz CT molecular complexity index is 655. The Morgan fingerprint density at radius 2 is 1.65 bits per heavy atom. The number of halogens is 2. The van der Waals surface area contributed by atoms with E-state index in [1.54, 1.807) is 12.1 Å². The number of esters is 1. The standard InChI is InChI=1S/C19H29Cl2NO3S/c1-17(2,3)25-16(23)19(6,7)10-18(4,5)11-24-14-8-13(21)15(26-22)9-12(14)20/h8-9H,10-11,22H2,1-7H3. The molecule has 1 rings (SSSR count). The zero-order chi connectivity index (χ0) is 20.3. The number of carbonyl (C=O) groups excluding carboxylic acids is 1. The molecule has 0 aliphatic carbocycles. The summed E-state index contributed by atoms with van der Waals surface area (Å²) in [5.41, 5.74) is -1.43. The minimum Gasteiger partial charge on any atom is -0.491 e. The summed E-state index contributed by atoms with van der Waals surface area (Å²) in [5, 5.41) is 6.48. The predicted molar refractivity (Wildman–Crippen MR) is 110 cm³/mol. The smallest absolute Gasteiger partial charge is 0.312 e. The van der Waals surface area contributed by atoms with Gasteiger partial charge in [0.05, 0.1) is 22.1 Å². The summed E-state index contributed by atoms with van der Waals surface area (Å²) in [7, 11) is 0. The molecule has 148 valence electrons. The first-order valence-electron chi connectivity index (χ1n) is 8.39. The first-order chi connectivity index (χ1) is 11.7. The van der Waals surface area contributed by atoms with Gasteiger partial charge in [0.15, 0.2) is 0 Å². The van der Waals surface area contributed by atoms with Gasteiger partial charge in [-0.05, 0) is 64.5 Å². The highest BCUT2D eigenvalue weighted by atomic mass is 35.5. The Kier molecular flexibility index (Phi) is 7.74. The first kappa shape index (κ1) is 23.4. The molecule has 0 fully saturated rings. The molecular formula is C19H29Cl2NO3S. The van der Waals surface area contributed by atoms with Crippen LogP contribution in [0.4, 0.5) is 0 Å². The lowest BCUT2D eigenvalue weighted by molar-refractivity contribution is -0.167. The van der Waals surface area contributed by atoms with E-state index in [0.29, 0.717) is 33.7 Å². The van der Waals surface area contributed by atoms with Crippen LogP contribution in [0.25, 0.3) is 0 Å². The van der Waals surface area contributed by atoms with E-state index in [1.165, 1.54) is 0 Å². The van der Waals surface area contributed by atoms with Crippen molar-refractivity contribution >= 4 is 41.1 Å². The number of ether oxygens (including phenoxy) is 2. The molecule has 0 saturated heterocycles. The SMILES string of the molecule is CC(C)(COc1cc(Cl)c(SN)cc1Cl)CC(C)(C)C(=O)OC(C)(C)C. The molecule has 0 amide bonds. The van der Waals surface area contributed by atoms with Gasteiger partial charge < -0.3 is 9.47 Å². The summed E-state index contributed by atoms with van der Waals surface area (Å²) in [6, 6.07) is 3.34. The summed E-state index contributed by atoms with van der Waals surface area (Å²) in [6.07, 6.45) is 0.594. The van der Waals surface area contributed by atoms with Crippen molar-refractivity contribution in [1.82, 2.24) is 0 Å². The number of benzene rings is 1. The van der Waals surface area contributed by atoms with Crippen LogP contribution in [0.5, 0.6) is 5.75 Å². The van der Waals surface area contributed by atoms with E-state index in [0.717, 1.165) is 11.9 Å². The van der Waals surface area contributed by atoms with E-state index < -0.39 is 11.0 Å². The lowest BCUT2D eigenvalue weighted by Crippen LogP contribution is -2.38. The highest BCUT2D eigenvalue weighted by Gasteiger charge is 2.38. The van der Waals surface area contributed by atoms with Crippen molar-refractivity contribution in [1.29, 1.82) is 0 Å². The Balaban J connectivity index is 2.80. The molecule has 0 radical (unpaired) electrons. The molecule has 26 heavy (non-hydrogen) atoms. The van der Waals surface area contributed by atoms with Gasteiger partial charge in [-0.1, -0.05) is 37.0 Å². The van der Waals surface area contributed by atoms with Gasteiger partial charge in [0.25, 0.3) is 0 Å². The van der Waals surface area contributed by atoms with Gasteiger partial charge in [0.2, 0.25) is 0 Å². The van der Waals surface area contributed by atoms with Crippen molar-refractivity contribution in [3.8, 4) is 5.75 Å². The van der Waals surface area contributed by atoms with Gasteiger partial charge in [-0.25, -0.2) is 0 Å². The van der Waals surface area contributed by atoms with E-state index in [4.69, 9.17) is 37.8 Å². The molecule has 0 bridgehead atoms. The van der Waals surface area contributed by atoms with Gasteiger partial charge in [-0.2, -0.15) is 0 Å². The predicted octanol–water partition coefficient (Wildman–Crippen LogP) is 6.12. The zero-order valence-electron chi connectivity index (χ0n) is 16.5. The van der Waals surface area contributed by atoms with Crippen molar-refractivity contribution in [2.24, 2.45) is 16.0 Å². The van der Waals surface area contributed by atoms with Gasteiger partial charge >= 0.3 is 5.97 Å². The third kappa shape index (κ3) is 7.18. The van der Waals surface area contributed by atoms with Crippen LogP contribution in [0.2, 0.25) is 10.0 Å². The van der Waals surface area contributed by atoms with Crippen molar-refractivity contribution < 1.29 is 14.3 Å². The van der Waals surface area contributed by atoms with Crippen molar-refractivity contribution in [3.63, 3.8) is 0 Å². The van der Waals surface area contributed by atoms with Gasteiger partial charge in [-0.3, -0.25) is 9.93 Å². The largest absolute Gasteiger partial charge is 0.491 e. The second-order valence-electron chi connectivity index (χ2n) is 8.85. The summed E-state index contributed by atoms with van der Waals surface area (Å²) in [5.74, 6) is 0.279. The molecule has 1 aromatic rings. The normalized spacial score (nSPS) is 12.8. The van der Waals surface area contributed by atoms with Crippen LogP contribution < -0.4 is 9.88 Å². The number of hydrogen-bond acceptors (Lipinski definition) is 5. The molecule has 0 aliphatic heterocycles. The second kappa shape index (κ2) is 8.59. The molecule has 0 atom stereocenters. The fourth-order valence-corrected chi connectivity index (χ4v) is 3.65. The number of hydrogen-bond donors (Lipinski definition) is 1. The summed E-state index contributed by atoms with van der Waals surface area (Å²) >= 11 is 13.4. The summed E-state index contributed by atoms with van der Waals surface area (Å²) in [6.45, 7) is 13.8. The van der Waals surface area contributed by atoms with Crippen molar-refractivity contribution in [3.05, 3.63) is 22.2 Å². The Hall–Kier alpha value is -0.620. The van der Waals surface area contributed by atoms with Crippen molar-refractivity contribution in [2.75, 3.05) is 6.61 Å². The molecule has 0 heterocycles. The fourth-order valence-electron chi connectivity index (χ4n) is 2.72. The lowest BCUT2D eigenvalue weighted by atomic mass is 9.75. The van der Waals surface area contributed by atoms with E-state index in [2.05, 4.69) is 0 Å². The third-order valence-corrected chi connectivity index (χ3v) is 4.92. The average molecular weight is 422 g/mol. The Morgan fingerprint density at radius 1 is 1.08 bits per heavy atom. The van der Waals surface area contributed by atoms with E-state index in [1.807, 2.05) is 48.5 Å². The number of carbonyl (C=O) groups is 1. The molecular weight excluding hydrogens is 393 g/mol. The highest BCUT2D eigenvalue weighted by molar-refractivity contribution is 7.97. The maximum absolute atomic E-state index is 12.5. The van der Waals surface area contributed by atoms with Crippen molar-refractivity contribution in [2.45, 2.75) is 65.4 Å². The van der Waals surface area contributed by atoms with E-state index >= 15 is 0 Å². The summed E-state index contributed by atoms with van der Waals surface area (Å²) < 4.78 is 11.4. The van der Waals surface area contributed by atoms with Crippen LogP contribution in [0.3, 0.4) is 0 Å².